The summed E-state index contributed by atoms with van der Waals surface area (Å²) in [5, 5.41) is 3.12. The van der Waals surface area contributed by atoms with Crippen LogP contribution in [0.2, 0.25) is 0 Å². The molecule has 2 saturated carbocycles. The Morgan fingerprint density at radius 3 is 2.71 bits per heavy atom. The van der Waals surface area contributed by atoms with Crippen LogP contribution < -0.4 is 5.32 Å². The molecular weight excluding hydrogens is 174 g/mol. The van der Waals surface area contributed by atoms with Gasteiger partial charge in [-0.1, -0.05) is 13.3 Å². The third kappa shape index (κ3) is 1.79. The molecule has 2 aliphatic rings. The summed E-state index contributed by atoms with van der Waals surface area (Å²) in [5.41, 5.74) is 0. The number of amides is 1. The molecule has 0 heterocycles. The highest BCUT2D eigenvalue weighted by Crippen LogP contribution is 2.48. The van der Waals surface area contributed by atoms with E-state index in [1.165, 1.54) is 19.3 Å². The summed E-state index contributed by atoms with van der Waals surface area (Å²) in [6.45, 7) is 4.21. The molecular formula is C12H21NO. The lowest BCUT2D eigenvalue weighted by atomic mass is 9.88. The molecule has 0 aromatic heterocycles. The van der Waals surface area contributed by atoms with Crippen molar-refractivity contribution in [2.24, 2.45) is 17.8 Å². The van der Waals surface area contributed by atoms with Gasteiger partial charge in [0.2, 0.25) is 5.91 Å². The maximum atomic E-state index is 11.9. The second-order valence-corrected chi connectivity index (χ2v) is 5.10. The Morgan fingerprint density at radius 2 is 2.21 bits per heavy atom. The minimum Gasteiger partial charge on any atom is -0.353 e. The summed E-state index contributed by atoms with van der Waals surface area (Å²) >= 11 is 0. The summed E-state index contributed by atoms with van der Waals surface area (Å²) in [5.74, 6) is 2.26. The second kappa shape index (κ2) is 3.92. The first-order valence-electron chi connectivity index (χ1n) is 6.01. The summed E-state index contributed by atoms with van der Waals surface area (Å²) in [7, 11) is 0. The molecule has 2 nitrogen and oxygen atoms in total. The van der Waals surface area contributed by atoms with Crippen molar-refractivity contribution in [2.45, 2.75) is 52.0 Å². The van der Waals surface area contributed by atoms with Crippen LogP contribution in [0.1, 0.15) is 46.0 Å². The standard InChI is InChI=1S/C12H21NO/c1-3-8(2)13-12(14)11-7-9-4-5-10(11)6-9/h8-11H,3-7H2,1-2H3,(H,13,14)/t8-,9+,10+,11-/m0/s1. The van der Waals surface area contributed by atoms with Crippen molar-refractivity contribution in [1.29, 1.82) is 0 Å². The molecule has 0 aliphatic heterocycles. The van der Waals surface area contributed by atoms with Crippen molar-refractivity contribution in [3.8, 4) is 0 Å². The molecule has 2 fully saturated rings. The van der Waals surface area contributed by atoms with Gasteiger partial charge in [-0.15, -0.1) is 0 Å². The van der Waals surface area contributed by atoms with E-state index in [2.05, 4.69) is 19.2 Å². The summed E-state index contributed by atoms with van der Waals surface area (Å²) in [6, 6.07) is 0.349. The van der Waals surface area contributed by atoms with Gasteiger partial charge in [-0.05, 0) is 44.4 Å². The molecule has 80 valence electrons. The van der Waals surface area contributed by atoms with Crippen LogP contribution >= 0.6 is 0 Å². The lowest BCUT2D eigenvalue weighted by Crippen LogP contribution is -2.38. The van der Waals surface area contributed by atoms with Gasteiger partial charge in [-0.3, -0.25) is 4.79 Å². The molecule has 2 bridgehead atoms. The summed E-state index contributed by atoms with van der Waals surface area (Å²) < 4.78 is 0. The molecule has 4 atom stereocenters. The van der Waals surface area contributed by atoms with E-state index < -0.39 is 0 Å². The van der Waals surface area contributed by atoms with Gasteiger partial charge in [0.05, 0.1) is 0 Å². The number of nitrogens with one attached hydrogen (secondary N) is 1. The summed E-state index contributed by atoms with van der Waals surface area (Å²) in [6.07, 6.45) is 6.18. The average Bonchev–Trinajstić information content (AvgIpc) is 2.78. The molecule has 0 unspecified atom stereocenters. The Bertz CT molecular complexity index is 226. The first kappa shape index (κ1) is 10.0. The Morgan fingerprint density at radius 1 is 1.43 bits per heavy atom. The third-order valence-electron chi connectivity index (χ3n) is 4.08. The summed E-state index contributed by atoms with van der Waals surface area (Å²) in [4.78, 5) is 11.9. The first-order chi connectivity index (χ1) is 6.70. The molecule has 0 spiro atoms. The van der Waals surface area contributed by atoms with Gasteiger partial charge in [0.15, 0.2) is 0 Å². The van der Waals surface area contributed by atoms with E-state index in [1.54, 1.807) is 0 Å². The Balaban J connectivity index is 1.87. The fourth-order valence-corrected chi connectivity index (χ4v) is 3.02. The van der Waals surface area contributed by atoms with E-state index in [1.807, 2.05) is 0 Å². The molecule has 0 radical (unpaired) electrons. The van der Waals surface area contributed by atoms with Crippen molar-refractivity contribution >= 4 is 5.91 Å². The molecule has 0 aromatic carbocycles. The minimum absolute atomic E-state index is 0.326. The SMILES string of the molecule is CC[C@H](C)NC(=O)[C@H]1C[C@@H]2CC[C@@H]1C2. The van der Waals surface area contributed by atoms with E-state index >= 15 is 0 Å². The van der Waals surface area contributed by atoms with Crippen LogP contribution in [0.5, 0.6) is 0 Å². The van der Waals surface area contributed by atoms with Crippen LogP contribution in [0.4, 0.5) is 0 Å². The zero-order valence-electron chi connectivity index (χ0n) is 9.25. The highest BCUT2D eigenvalue weighted by atomic mass is 16.2. The highest BCUT2D eigenvalue weighted by molar-refractivity contribution is 5.79. The third-order valence-corrected chi connectivity index (χ3v) is 4.08. The predicted molar refractivity (Wildman–Crippen MR) is 56.8 cm³/mol. The number of carbonyl (C=O) groups is 1. The number of hydrogen-bond acceptors (Lipinski definition) is 1. The van der Waals surface area contributed by atoms with Crippen molar-refractivity contribution in [2.75, 3.05) is 0 Å². The number of carbonyl (C=O) groups excluding carboxylic acids is 1. The molecule has 2 aliphatic carbocycles. The van der Waals surface area contributed by atoms with Crippen LogP contribution in [-0.2, 0) is 4.79 Å². The van der Waals surface area contributed by atoms with E-state index in [0.29, 0.717) is 23.8 Å². The van der Waals surface area contributed by atoms with Crippen LogP contribution in [0.15, 0.2) is 0 Å². The second-order valence-electron chi connectivity index (χ2n) is 5.10. The van der Waals surface area contributed by atoms with Gasteiger partial charge in [0.25, 0.3) is 0 Å². The average molecular weight is 195 g/mol. The van der Waals surface area contributed by atoms with E-state index in [9.17, 15) is 4.79 Å². The van der Waals surface area contributed by atoms with Crippen LogP contribution in [-0.4, -0.2) is 11.9 Å². The van der Waals surface area contributed by atoms with Crippen molar-refractivity contribution in [3.63, 3.8) is 0 Å². The van der Waals surface area contributed by atoms with E-state index in [-0.39, 0.29) is 0 Å². The van der Waals surface area contributed by atoms with Crippen molar-refractivity contribution in [1.82, 2.24) is 5.32 Å². The Labute approximate surface area is 86.5 Å². The van der Waals surface area contributed by atoms with Crippen LogP contribution in [0, 0.1) is 17.8 Å². The normalized spacial score (nSPS) is 37.1. The predicted octanol–water partition coefficient (Wildman–Crippen LogP) is 2.34. The Hall–Kier alpha value is -0.530. The lowest BCUT2D eigenvalue weighted by molar-refractivity contribution is -0.127. The smallest absolute Gasteiger partial charge is 0.223 e. The topological polar surface area (TPSA) is 29.1 Å². The monoisotopic (exact) mass is 195 g/mol. The van der Waals surface area contributed by atoms with Gasteiger partial charge >= 0.3 is 0 Å². The molecule has 14 heavy (non-hydrogen) atoms. The number of fused-ring (bicyclic) bond motifs is 2. The van der Waals surface area contributed by atoms with Crippen molar-refractivity contribution < 1.29 is 4.79 Å². The largest absolute Gasteiger partial charge is 0.353 e. The molecule has 0 aromatic rings. The van der Waals surface area contributed by atoms with Crippen molar-refractivity contribution in [3.05, 3.63) is 0 Å². The first-order valence-corrected chi connectivity index (χ1v) is 6.01. The lowest BCUT2D eigenvalue weighted by Gasteiger charge is -2.22. The fourth-order valence-electron chi connectivity index (χ4n) is 3.02. The maximum Gasteiger partial charge on any atom is 0.223 e. The van der Waals surface area contributed by atoms with E-state index in [4.69, 9.17) is 0 Å². The zero-order chi connectivity index (χ0) is 10.1. The van der Waals surface area contributed by atoms with Gasteiger partial charge < -0.3 is 5.32 Å². The number of rotatable bonds is 3. The highest BCUT2D eigenvalue weighted by Gasteiger charge is 2.43. The van der Waals surface area contributed by atoms with Gasteiger partial charge in [-0.25, -0.2) is 0 Å². The zero-order valence-corrected chi connectivity index (χ0v) is 9.25. The molecule has 2 heteroatoms. The van der Waals surface area contributed by atoms with E-state index in [0.717, 1.165) is 18.8 Å². The van der Waals surface area contributed by atoms with Gasteiger partial charge in [-0.2, -0.15) is 0 Å². The molecule has 1 amide bonds. The Kier molecular flexibility index (Phi) is 2.80. The minimum atomic E-state index is 0.326. The fraction of sp³-hybridized carbons (Fsp3) is 0.917. The van der Waals surface area contributed by atoms with Gasteiger partial charge in [0.1, 0.15) is 0 Å². The van der Waals surface area contributed by atoms with Gasteiger partial charge in [0, 0.05) is 12.0 Å². The molecule has 2 rings (SSSR count). The van der Waals surface area contributed by atoms with Crippen LogP contribution in [0.25, 0.3) is 0 Å². The molecule has 1 N–H and O–H groups in total. The number of hydrogen-bond donors (Lipinski definition) is 1. The van der Waals surface area contributed by atoms with Crippen LogP contribution in [0.3, 0.4) is 0 Å². The molecule has 0 saturated heterocycles. The maximum absolute atomic E-state index is 11.9. The quantitative estimate of drug-likeness (QED) is 0.735.